The number of hydrogen-bond acceptors (Lipinski definition) is 6. The molecule has 2 aromatic heterocycles. The molecule has 3 aromatic rings. The number of nitrogens with zero attached hydrogens (tertiary/aromatic N) is 3. The van der Waals surface area contributed by atoms with Crippen molar-refractivity contribution in [2.24, 2.45) is 0 Å². The Hall–Kier alpha value is -3.50. The van der Waals surface area contributed by atoms with Gasteiger partial charge >= 0.3 is 0 Å². The summed E-state index contributed by atoms with van der Waals surface area (Å²) in [6.45, 7) is 3.74. The molecular weight excluding hydrogens is 473 g/mol. The number of aliphatic hydroxyl groups excluding tert-OH is 1. The van der Waals surface area contributed by atoms with Gasteiger partial charge in [-0.15, -0.1) is 0 Å². The van der Waals surface area contributed by atoms with Crippen molar-refractivity contribution in [1.82, 2.24) is 9.97 Å². The standard InChI is InChI=1S/C26H25F3N4O3/c1-14-3-4-17(32-25(35)15-5-6-30-21(10-15)26(2,28)29)11-18(14)16-9-19-23(31-12-16)24(34)22(27)20-13-36-8-7-33(19)20/h3-6,9-12,20,22,24,34H,7-8,13H2,1-2H3,(H,32,35). The van der Waals surface area contributed by atoms with Crippen molar-refractivity contribution in [1.29, 1.82) is 0 Å². The lowest BCUT2D eigenvalue weighted by molar-refractivity contribution is 0.000256. The van der Waals surface area contributed by atoms with Gasteiger partial charge in [0.25, 0.3) is 11.8 Å². The van der Waals surface area contributed by atoms with Gasteiger partial charge in [0.05, 0.1) is 30.6 Å². The molecule has 2 N–H and O–H groups in total. The minimum atomic E-state index is -3.16. The maximum absolute atomic E-state index is 14.8. The van der Waals surface area contributed by atoms with E-state index in [0.29, 0.717) is 24.5 Å². The molecule has 3 unspecified atom stereocenters. The number of carbonyl (C=O) groups is 1. The number of ether oxygens (including phenoxy) is 1. The van der Waals surface area contributed by atoms with Crippen LogP contribution in [0.5, 0.6) is 0 Å². The minimum Gasteiger partial charge on any atom is -0.384 e. The predicted octanol–water partition coefficient (Wildman–Crippen LogP) is 4.41. The van der Waals surface area contributed by atoms with Crippen molar-refractivity contribution in [2.45, 2.75) is 38.1 Å². The van der Waals surface area contributed by atoms with Crippen LogP contribution >= 0.6 is 0 Å². The summed E-state index contributed by atoms with van der Waals surface area (Å²) in [7, 11) is 0. The van der Waals surface area contributed by atoms with E-state index in [2.05, 4.69) is 15.3 Å². The van der Waals surface area contributed by atoms with E-state index in [4.69, 9.17) is 4.74 Å². The normalized spacial score (nSPS) is 21.5. The molecule has 1 aromatic carbocycles. The molecule has 0 aliphatic carbocycles. The van der Waals surface area contributed by atoms with Gasteiger partial charge in [-0.05, 0) is 48.4 Å². The molecule has 4 heterocycles. The molecule has 0 bridgehead atoms. The second-order valence-corrected chi connectivity index (χ2v) is 9.16. The molecule has 0 spiro atoms. The fourth-order valence-corrected chi connectivity index (χ4v) is 4.64. The summed E-state index contributed by atoms with van der Waals surface area (Å²) in [6, 6.07) is 9.02. The van der Waals surface area contributed by atoms with Crippen LogP contribution in [0, 0.1) is 6.92 Å². The fourth-order valence-electron chi connectivity index (χ4n) is 4.64. The molecule has 0 radical (unpaired) electrons. The largest absolute Gasteiger partial charge is 0.384 e. The number of hydrogen-bond donors (Lipinski definition) is 2. The number of carbonyl (C=O) groups excluding carboxylic acids is 1. The summed E-state index contributed by atoms with van der Waals surface area (Å²) in [5.41, 5.74) is 3.40. The van der Waals surface area contributed by atoms with Crippen molar-refractivity contribution in [3.63, 3.8) is 0 Å². The Morgan fingerprint density at radius 3 is 2.81 bits per heavy atom. The SMILES string of the molecule is Cc1ccc(NC(=O)c2ccnc(C(C)(F)F)c2)cc1-c1cnc2c(c1)N1CCOCC1C(F)C2O. The molecule has 1 amide bonds. The maximum Gasteiger partial charge on any atom is 0.286 e. The molecule has 2 aliphatic rings. The van der Waals surface area contributed by atoms with E-state index >= 15 is 0 Å². The van der Waals surface area contributed by atoms with Gasteiger partial charge < -0.3 is 20.1 Å². The summed E-state index contributed by atoms with van der Waals surface area (Å²) < 4.78 is 47.5. The van der Waals surface area contributed by atoms with Crippen LogP contribution < -0.4 is 10.2 Å². The van der Waals surface area contributed by atoms with Gasteiger partial charge in [-0.2, -0.15) is 8.78 Å². The lowest BCUT2D eigenvalue weighted by Crippen LogP contribution is -2.55. The lowest BCUT2D eigenvalue weighted by Gasteiger charge is -2.44. The molecule has 5 rings (SSSR count). The smallest absolute Gasteiger partial charge is 0.286 e. The monoisotopic (exact) mass is 498 g/mol. The van der Waals surface area contributed by atoms with Crippen LogP contribution in [0.1, 0.15) is 40.3 Å². The summed E-state index contributed by atoms with van der Waals surface area (Å²) in [5, 5.41) is 13.2. The molecule has 2 aliphatic heterocycles. The second kappa shape index (κ2) is 9.18. The number of anilines is 2. The molecule has 0 saturated carbocycles. The highest BCUT2D eigenvalue weighted by atomic mass is 19.3. The van der Waals surface area contributed by atoms with Crippen molar-refractivity contribution in [2.75, 3.05) is 30.0 Å². The van der Waals surface area contributed by atoms with E-state index in [9.17, 15) is 23.1 Å². The van der Waals surface area contributed by atoms with Gasteiger partial charge in [0.1, 0.15) is 11.8 Å². The van der Waals surface area contributed by atoms with Crippen LogP contribution in [0.4, 0.5) is 24.5 Å². The Morgan fingerprint density at radius 2 is 2.03 bits per heavy atom. The van der Waals surface area contributed by atoms with E-state index in [1.807, 2.05) is 24.0 Å². The number of morpholine rings is 1. The third kappa shape index (κ3) is 4.42. The first kappa shape index (κ1) is 24.2. The minimum absolute atomic E-state index is 0.0622. The van der Waals surface area contributed by atoms with Crippen LogP contribution in [-0.2, 0) is 10.7 Å². The summed E-state index contributed by atoms with van der Waals surface area (Å²) in [4.78, 5) is 22.7. The van der Waals surface area contributed by atoms with E-state index in [-0.39, 0.29) is 17.9 Å². The third-order valence-corrected chi connectivity index (χ3v) is 6.60. The van der Waals surface area contributed by atoms with Crippen LogP contribution in [0.25, 0.3) is 11.1 Å². The predicted molar refractivity (Wildman–Crippen MR) is 128 cm³/mol. The van der Waals surface area contributed by atoms with Crippen LogP contribution in [0.15, 0.2) is 48.8 Å². The first-order valence-corrected chi connectivity index (χ1v) is 11.6. The quantitative estimate of drug-likeness (QED) is 0.554. The summed E-state index contributed by atoms with van der Waals surface area (Å²) >= 11 is 0. The topological polar surface area (TPSA) is 87.6 Å². The first-order valence-electron chi connectivity index (χ1n) is 11.6. The number of amides is 1. The van der Waals surface area contributed by atoms with Gasteiger partial charge in [0.15, 0.2) is 6.17 Å². The average molecular weight is 499 g/mol. The van der Waals surface area contributed by atoms with E-state index < -0.39 is 35.8 Å². The van der Waals surface area contributed by atoms with Gasteiger partial charge in [-0.3, -0.25) is 14.8 Å². The van der Waals surface area contributed by atoms with E-state index in [0.717, 1.165) is 29.7 Å². The molecule has 1 saturated heterocycles. The van der Waals surface area contributed by atoms with Gasteiger partial charge in [-0.25, -0.2) is 4.39 Å². The van der Waals surface area contributed by atoms with E-state index in [1.54, 1.807) is 18.3 Å². The first-order chi connectivity index (χ1) is 17.1. The van der Waals surface area contributed by atoms with Crippen LogP contribution in [-0.4, -0.2) is 53.0 Å². The molecule has 36 heavy (non-hydrogen) atoms. The molecule has 1 fully saturated rings. The number of nitrogens with one attached hydrogen (secondary N) is 1. The highest BCUT2D eigenvalue weighted by Crippen LogP contribution is 2.41. The Labute approximate surface area is 205 Å². The Balaban J connectivity index is 1.45. The van der Waals surface area contributed by atoms with Gasteiger partial charge in [0, 0.05) is 42.7 Å². The number of alkyl halides is 3. The van der Waals surface area contributed by atoms with Crippen LogP contribution in [0.3, 0.4) is 0 Å². The fraction of sp³-hybridized carbons (Fsp3) is 0.346. The number of aliphatic hydroxyl groups is 1. The Kier molecular flexibility index (Phi) is 6.17. The average Bonchev–Trinajstić information content (AvgIpc) is 2.87. The van der Waals surface area contributed by atoms with Crippen molar-refractivity contribution in [3.05, 3.63) is 71.3 Å². The zero-order valence-corrected chi connectivity index (χ0v) is 19.7. The zero-order valence-electron chi connectivity index (χ0n) is 19.7. The Morgan fingerprint density at radius 1 is 1.22 bits per heavy atom. The van der Waals surface area contributed by atoms with Gasteiger partial charge in [0.2, 0.25) is 0 Å². The van der Waals surface area contributed by atoms with Crippen molar-refractivity contribution in [3.8, 4) is 11.1 Å². The molecular formula is C26H25F3N4O3. The maximum atomic E-state index is 14.8. The van der Waals surface area contributed by atoms with Crippen molar-refractivity contribution >= 4 is 17.3 Å². The summed E-state index contributed by atoms with van der Waals surface area (Å²) in [5.74, 6) is -3.71. The lowest BCUT2D eigenvalue weighted by atomic mass is 9.92. The van der Waals surface area contributed by atoms with E-state index in [1.165, 1.54) is 12.3 Å². The van der Waals surface area contributed by atoms with Gasteiger partial charge in [-0.1, -0.05) is 6.07 Å². The number of aryl methyl sites for hydroxylation is 1. The highest BCUT2D eigenvalue weighted by Gasteiger charge is 2.43. The number of aromatic nitrogens is 2. The summed E-state index contributed by atoms with van der Waals surface area (Å²) in [6.07, 6.45) is -0.0969. The molecule has 3 atom stereocenters. The number of rotatable bonds is 4. The number of pyridine rings is 2. The van der Waals surface area contributed by atoms with Crippen molar-refractivity contribution < 1.29 is 27.8 Å². The Bertz CT molecular complexity index is 1310. The highest BCUT2D eigenvalue weighted by molar-refractivity contribution is 6.04. The molecule has 10 heteroatoms. The zero-order chi connectivity index (χ0) is 25.6. The number of benzene rings is 1. The number of fused-ring (bicyclic) bond motifs is 3. The second-order valence-electron chi connectivity index (χ2n) is 9.16. The van der Waals surface area contributed by atoms with Crippen LogP contribution in [0.2, 0.25) is 0 Å². The molecule has 188 valence electrons. The number of halogens is 3. The molecule has 7 nitrogen and oxygen atoms in total. The third-order valence-electron chi connectivity index (χ3n) is 6.60.